The van der Waals surface area contributed by atoms with Crippen LogP contribution in [0.4, 0.5) is 0 Å². The molecule has 0 fully saturated rings. The summed E-state index contributed by atoms with van der Waals surface area (Å²) in [6, 6.07) is 5.82. The highest BCUT2D eigenvalue weighted by Gasteiger charge is 2.15. The molecule has 0 aliphatic heterocycles. The number of ether oxygens (including phenoxy) is 1. The fraction of sp³-hybridized carbons (Fsp3) is 0.385. The maximum absolute atomic E-state index is 5.23. The molecule has 4 nitrogen and oxygen atoms in total. The van der Waals surface area contributed by atoms with Crippen LogP contribution >= 0.6 is 15.9 Å². The Labute approximate surface area is 114 Å². The molecule has 1 atom stereocenters. The molecule has 1 heterocycles. The van der Waals surface area contributed by atoms with Crippen molar-refractivity contribution in [2.75, 3.05) is 7.11 Å². The molecule has 0 radical (unpaired) electrons. The molecule has 0 saturated carbocycles. The third-order valence-electron chi connectivity index (χ3n) is 2.72. The van der Waals surface area contributed by atoms with E-state index < -0.39 is 0 Å². The van der Waals surface area contributed by atoms with E-state index >= 15 is 0 Å². The van der Waals surface area contributed by atoms with Gasteiger partial charge in [-0.2, -0.15) is 4.98 Å². The van der Waals surface area contributed by atoms with Crippen molar-refractivity contribution < 1.29 is 9.26 Å². The average molecular weight is 311 g/mol. The predicted molar refractivity (Wildman–Crippen MR) is 73.0 cm³/mol. The molecule has 0 saturated heterocycles. The molecule has 0 bridgehead atoms. The van der Waals surface area contributed by atoms with Crippen molar-refractivity contribution in [3.8, 4) is 17.1 Å². The topological polar surface area (TPSA) is 48.2 Å². The van der Waals surface area contributed by atoms with Gasteiger partial charge in [0.25, 0.3) is 0 Å². The first-order valence-electron chi connectivity index (χ1n) is 5.78. The van der Waals surface area contributed by atoms with Gasteiger partial charge in [0.05, 0.1) is 11.9 Å². The first-order valence-corrected chi connectivity index (χ1v) is 6.70. The van der Waals surface area contributed by atoms with Crippen LogP contribution in [0.5, 0.6) is 5.75 Å². The quantitative estimate of drug-likeness (QED) is 0.804. The normalized spacial score (nSPS) is 12.4. The van der Waals surface area contributed by atoms with Crippen molar-refractivity contribution in [2.24, 2.45) is 0 Å². The number of hydrogen-bond acceptors (Lipinski definition) is 4. The standard InChI is InChI=1S/C13H15BrN2O2/c1-4-10(14)13-15-12(16-18-13)9-5-6-11(17-3)8(2)7-9/h5-7,10H,4H2,1-3H3. The zero-order valence-electron chi connectivity index (χ0n) is 10.6. The van der Waals surface area contributed by atoms with Crippen molar-refractivity contribution >= 4 is 15.9 Å². The van der Waals surface area contributed by atoms with E-state index in [0.717, 1.165) is 23.3 Å². The molecular formula is C13H15BrN2O2. The predicted octanol–water partition coefficient (Wildman–Crippen LogP) is 3.90. The lowest BCUT2D eigenvalue weighted by molar-refractivity contribution is 0.377. The van der Waals surface area contributed by atoms with Gasteiger partial charge < -0.3 is 9.26 Å². The van der Waals surface area contributed by atoms with E-state index in [4.69, 9.17) is 9.26 Å². The molecule has 1 aromatic heterocycles. The van der Waals surface area contributed by atoms with E-state index in [0.29, 0.717) is 11.7 Å². The van der Waals surface area contributed by atoms with Crippen molar-refractivity contribution in [2.45, 2.75) is 25.1 Å². The number of rotatable bonds is 4. The second-order valence-corrected chi connectivity index (χ2v) is 5.12. The highest BCUT2D eigenvalue weighted by molar-refractivity contribution is 9.09. The Morgan fingerprint density at radius 3 is 2.83 bits per heavy atom. The van der Waals surface area contributed by atoms with E-state index in [9.17, 15) is 0 Å². The van der Waals surface area contributed by atoms with Crippen LogP contribution in [0.2, 0.25) is 0 Å². The van der Waals surface area contributed by atoms with Gasteiger partial charge in [-0.3, -0.25) is 0 Å². The minimum Gasteiger partial charge on any atom is -0.496 e. The SMILES string of the molecule is CCC(Br)c1nc(-c2ccc(OC)c(C)c2)no1. The molecular weight excluding hydrogens is 296 g/mol. The molecule has 0 N–H and O–H groups in total. The second kappa shape index (κ2) is 5.52. The maximum Gasteiger partial charge on any atom is 0.240 e. The van der Waals surface area contributed by atoms with Crippen molar-refractivity contribution in [1.29, 1.82) is 0 Å². The van der Waals surface area contributed by atoms with Crippen LogP contribution in [-0.2, 0) is 0 Å². The van der Waals surface area contributed by atoms with Crippen LogP contribution in [-0.4, -0.2) is 17.3 Å². The van der Waals surface area contributed by atoms with Crippen LogP contribution in [0.3, 0.4) is 0 Å². The van der Waals surface area contributed by atoms with E-state index in [1.165, 1.54) is 0 Å². The van der Waals surface area contributed by atoms with Gasteiger partial charge in [-0.15, -0.1) is 0 Å². The van der Waals surface area contributed by atoms with Gasteiger partial charge >= 0.3 is 0 Å². The molecule has 0 aliphatic rings. The highest BCUT2D eigenvalue weighted by Crippen LogP contribution is 2.28. The third-order valence-corrected chi connectivity index (χ3v) is 3.76. The van der Waals surface area contributed by atoms with Gasteiger partial charge in [-0.1, -0.05) is 28.0 Å². The molecule has 2 rings (SSSR count). The number of methoxy groups -OCH3 is 1. The summed E-state index contributed by atoms with van der Waals surface area (Å²) >= 11 is 3.49. The molecule has 0 aliphatic carbocycles. The van der Waals surface area contributed by atoms with Crippen LogP contribution < -0.4 is 4.74 Å². The van der Waals surface area contributed by atoms with Gasteiger partial charge in [0, 0.05) is 5.56 Å². The molecule has 1 aromatic carbocycles. The number of halogens is 1. The number of aromatic nitrogens is 2. The molecule has 18 heavy (non-hydrogen) atoms. The Bertz CT molecular complexity index is 540. The molecule has 1 unspecified atom stereocenters. The lowest BCUT2D eigenvalue weighted by atomic mass is 10.1. The number of aryl methyl sites for hydroxylation is 1. The summed E-state index contributed by atoms with van der Waals surface area (Å²) in [5.41, 5.74) is 1.98. The molecule has 96 valence electrons. The summed E-state index contributed by atoms with van der Waals surface area (Å²) in [6.07, 6.45) is 0.906. The number of nitrogens with zero attached hydrogens (tertiary/aromatic N) is 2. The Hall–Kier alpha value is -1.36. The van der Waals surface area contributed by atoms with Crippen LogP contribution in [0, 0.1) is 6.92 Å². The van der Waals surface area contributed by atoms with Gasteiger partial charge in [0.1, 0.15) is 5.75 Å². The lowest BCUT2D eigenvalue weighted by Crippen LogP contribution is -1.90. The van der Waals surface area contributed by atoms with Gasteiger partial charge in [-0.25, -0.2) is 0 Å². The van der Waals surface area contributed by atoms with Crippen molar-refractivity contribution in [1.82, 2.24) is 10.1 Å². The Morgan fingerprint density at radius 1 is 1.44 bits per heavy atom. The van der Waals surface area contributed by atoms with Crippen molar-refractivity contribution in [3.63, 3.8) is 0 Å². The molecule has 5 heteroatoms. The van der Waals surface area contributed by atoms with Crippen LogP contribution in [0.1, 0.15) is 29.6 Å². The van der Waals surface area contributed by atoms with E-state index in [-0.39, 0.29) is 4.83 Å². The molecule has 0 amide bonds. The Balaban J connectivity index is 2.31. The fourth-order valence-corrected chi connectivity index (χ4v) is 1.86. The summed E-state index contributed by atoms with van der Waals surface area (Å²) < 4.78 is 10.5. The monoisotopic (exact) mass is 310 g/mol. The first-order chi connectivity index (χ1) is 8.65. The lowest BCUT2D eigenvalue weighted by Gasteiger charge is -2.04. The van der Waals surface area contributed by atoms with E-state index in [1.807, 2.05) is 25.1 Å². The summed E-state index contributed by atoms with van der Waals surface area (Å²) in [5.74, 6) is 2.07. The summed E-state index contributed by atoms with van der Waals surface area (Å²) in [7, 11) is 1.66. The summed E-state index contributed by atoms with van der Waals surface area (Å²) in [5, 5.41) is 4.00. The first kappa shape index (κ1) is 13.1. The Morgan fingerprint density at radius 2 is 2.22 bits per heavy atom. The fourth-order valence-electron chi connectivity index (χ4n) is 1.67. The molecule has 0 spiro atoms. The van der Waals surface area contributed by atoms with Crippen LogP contribution in [0.15, 0.2) is 22.7 Å². The highest BCUT2D eigenvalue weighted by atomic mass is 79.9. The smallest absolute Gasteiger partial charge is 0.240 e. The number of benzene rings is 1. The minimum absolute atomic E-state index is 0.109. The van der Waals surface area contributed by atoms with Gasteiger partial charge in [-0.05, 0) is 37.1 Å². The van der Waals surface area contributed by atoms with Gasteiger partial charge in [0.15, 0.2) is 0 Å². The number of alkyl halides is 1. The zero-order chi connectivity index (χ0) is 13.1. The second-order valence-electron chi connectivity index (χ2n) is 4.02. The summed E-state index contributed by atoms with van der Waals surface area (Å²) in [4.78, 5) is 4.49. The van der Waals surface area contributed by atoms with Gasteiger partial charge in [0.2, 0.25) is 11.7 Å². The minimum atomic E-state index is 0.109. The zero-order valence-corrected chi connectivity index (χ0v) is 12.2. The summed E-state index contributed by atoms with van der Waals surface area (Å²) in [6.45, 7) is 4.05. The van der Waals surface area contributed by atoms with Crippen LogP contribution in [0.25, 0.3) is 11.4 Å². The van der Waals surface area contributed by atoms with Crippen molar-refractivity contribution in [3.05, 3.63) is 29.7 Å². The molecule has 2 aromatic rings. The Kier molecular flexibility index (Phi) is 4.01. The van der Waals surface area contributed by atoms with E-state index in [1.54, 1.807) is 7.11 Å². The largest absolute Gasteiger partial charge is 0.496 e. The van der Waals surface area contributed by atoms with E-state index in [2.05, 4.69) is 33.0 Å². The number of hydrogen-bond donors (Lipinski definition) is 0. The average Bonchev–Trinajstić information content (AvgIpc) is 2.87. The third kappa shape index (κ3) is 2.56. The maximum atomic E-state index is 5.23.